The zero-order valence-electron chi connectivity index (χ0n) is 9.44. The lowest BCUT2D eigenvalue weighted by atomic mass is 10.1. The van der Waals surface area contributed by atoms with Gasteiger partial charge in [-0.3, -0.25) is 0 Å². The minimum absolute atomic E-state index is 0.530. The molecule has 1 heterocycles. The van der Waals surface area contributed by atoms with Crippen LogP contribution in [0.5, 0.6) is 0 Å². The molecule has 0 bridgehead atoms. The second-order valence-electron chi connectivity index (χ2n) is 4.10. The van der Waals surface area contributed by atoms with Gasteiger partial charge in [-0.2, -0.15) is 5.10 Å². The van der Waals surface area contributed by atoms with E-state index in [4.69, 9.17) is 0 Å². The van der Waals surface area contributed by atoms with Crippen molar-refractivity contribution in [2.45, 2.75) is 26.7 Å². The van der Waals surface area contributed by atoms with Gasteiger partial charge in [0, 0.05) is 6.20 Å². The van der Waals surface area contributed by atoms with E-state index in [1.54, 1.807) is 0 Å². The molecule has 15 heavy (non-hydrogen) atoms. The lowest BCUT2D eigenvalue weighted by molar-refractivity contribution is 0.857. The molecule has 1 aromatic carbocycles. The minimum Gasteiger partial charge on any atom is -0.240 e. The standard InChI is InChI=1S/C13H16N2/c1-10(2)13-9-15(14-11(13)3)12-7-5-4-6-8-12/h4-10H,1-3H3. The molecular weight excluding hydrogens is 184 g/mol. The third-order valence-electron chi connectivity index (χ3n) is 2.58. The first-order valence-electron chi connectivity index (χ1n) is 5.30. The highest BCUT2D eigenvalue weighted by molar-refractivity contribution is 5.33. The molecule has 0 saturated heterocycles. The number of hydrogen-bond donors (Lipinski definition) is 0. The van der Waals surface area contributed by atoms with Gasteiger partial charge in [0.05, 0.1) is 11.4 Å². The zero-order valence-corrected chi connectivity index (χ0v) is 9.44. The average molecular weight is 200 g/mol. The van der Waals surface area contributed by atoms with Gasteiger partial charge in [-0.05, 0) is 30.5 Å². The Morgan fingerprint density at radius 3 is 2.33 bits per heavy atom. The molecule has 2 aromatic rings. The lowest BCUT2D eigenvalue weighted by Crippen LogP contribution is -1.93. The third-order valence-corrected chi connectivity index (χ3v) is 2.58. The highest BCUT2D eigenvalue weighted by Crippen LogP contribution is 2.19. The number of nitrogens with zero attached hydrogens (tertiary/aromatic N) is 2. The SMILES string of the molecule is Cc1nn(-c2ccccc2)cc1C(C)C. The Hall–Kier alpha value is -1.57. The van der Waals surface area contributed by atoms with E-state index in [0.717, 1.165) is 11.4 Å². The van der Waals surface area contributed by atoms with Gasteiger partial charge in [0.1, 0.15) is 0 Å². The van der Waals surface area contributed by atoms with Crippen LogP contribution < -0.4 is 0 Å². The van der Waals surface area contributed by atoms with Gasteiger partial charge in [0.15, 0.2) is 0 Å². The van der Waals surface area contributed by atoms with E-state index >= 15 is 0 Å². The summed E-state index contributed by atoms with van der Waals surface area (Å²) in [4.78, 5) is 0. The Kier molecular flexibility index (Phi) is 2.58. The van der Waals surface area contributed by atoms with Crippen molar-refractivity contribution >= 4 is 0 Å². The van der Waals surface area contributed by atoms with Crippen molar-refractivity contribution in [3.8, 4) is 5.69 Å². The number of hydrogen-bond acceptors (Lipinski definition) is 1. The van der Waals surface area contributed by atoms with Gasteiger partial charge in [-0.25, -0.2) is 4.68 Å². The van der Waals surface area contributed by atoms with E-state index in [1.165, 1.54) is 5.56 Å². The molecule has 0 atom stereocenters. The second kappa shape index (κ2) is 3.89. The van der Waals surface area contributed by atoms with Crippen LogP contribution in [0.4, 0.5) is 0 Å². The van der Waals surface area contributed by atoms with Crippen LogP contribution in [0.3, 0.4) is 0 Å². The molecule has 0 aliphatic heterocycles. The van der Waals surface area contributed by atoms with E-state index in [2.05, 4.69) is 44.2 Å². The normalized spacial score (nSPS) is 10.9. The van der Waals surface area contributed by atoms with E-state index in [-0.39, 0.29) is 0 Å². The summed E-state index contributed by atoms with van der Waals surface area (Å²) in [5.41, 5.74) is 3.56. The van der Waals surface area contributed by atoms with Gasteiger partial charge in [0.2, 0.25) is 0 Å². The molecule has 0 aliphatic rings. The number of aromatic nitrogens is 2. The number of rotatable bonds is 2. The Morgan fingerprint density at radius 2 is 1.80 bits per heavy atom. The molecule has 0 saturated carbocycles. The maximum atomic E-state index is 4.52. The van der Waals surface area contributed by atoms with E-state index in [1.807, 2.05) is 22.9 Å². The summed E-state index contributed by atoms with van der Waals surface area (Å²) in [6.07, 6.45) is 2.12. The predicted molar refractivity (Wildman–Crippen MR) is 62.4 cm³/mol. The number of para-hydroxylation sites is 1. The number of aryl methyl sites for hydroxylation is 1. The second-order valence-corrected chi connectivity index (χ2v) is 4.10. The van der Waals surface area contributed by atoms with Gasteiger partial charge in [0.25, 0.3) is 0 Å². The fourth-order valence-electron chi connectivity index (χ4n) is 1.75. The van der Waals surface area contributed by atoms with Crippen molar-refractivity contribution in [3.05, 3.63) is 47.8 Å². The molecule has 2 nitrogen and oxygen atoms in total. The van der Waals surface area contributed by atoms with Gasteiger partial charge in [-0.15, -0.1) is 0 Å². The first-order valence-corrected chi connectivity index (χ1v) is 5.30. The summed E-state index contributed by atoms with van der Waals surface area (Å²) in [7, 11) is 0. The Labute approximate surface area is 90.6 Å². The Balaban J connectivity index is 2.43. The van der Waals surface area contributed by atoms with Crippen LogP contribution >= 0.6 is 0 Å². The summed E-state index contributed by atoms with van der Waals surface area (Å²) in [5, 5.41) is 4.52. The van der Waals surface area contributed by atoms with Gasteiger partial charge >= 0.3 is 0 Å². The van der Waals surface area contributed by atoms with Crippen molar-refractivity contribution < 1.29 is 0 Å². The van der Waals surface area contributed by atoms with Crippen LogP contribution in [-0.4, -0.2) is 9.78 Å². The summed E-state index contributed by atoms with van der Waals surface area (Å²) < 4.78 is 1.95. The maximum absolute atomic E-state index is 4.52. The highest BCUT2D eigenvalue weighted by Gasteiger charge is 2.08. The lowest BCUT2D eigenvalue weighted by Gasteiger charge is -2.00. The van der Waals surface area contributed by atoms with Crippen molar-refractivity contribution in [2.24, 2.45) is 0 Å². The van der Waals surface area contributed by atoms with Crippen LogP contribution in [0.25, 0.3) is 5.69 Å². The van der Waals surface area contributed by atoms with Crippen molar-refractivity contribution in [2.75, 3.05) is 0 Å². The summed E-state index contributed by atoms with van der Waals surface area (Å²) in [6, 6.07) is 10.2. The van der Waals surface area contributed by atoms with Crippen LogP contribution in [0, 0.1) is 6.92 Å². The first-order chi connectivity index (χ1) is 7.18. The zero-order chi connectivity index (χ0) is 10.8. The quantitative estimate of drug-likeness (QED) is 0.727. The highest BCUT2D eigenvalue weighted by atomic mass is 15.3. The molecule has 78 valence electrons. The minimum atomic E-state index is 0.530. The molecule has 0 fully saturated rings. The first kappa shape index (κ1) is 9.97. The maximum Gasteiger partial charge on any atom is 0.0645 e. The molecule has 2 rings (SSSR count). The van der Waals surface area contributed by atoms with Crippen LogP contribution in [-0.2, 0) is 0 Å². The predicted octanol–water partition coefficient (Wildman–Crippen LogP) is 3.30. The van der Waals surface area contributed by atoms with Crippen molar-refractivity contribution in [1.29, 1.82) is 0 Å². The van der Waals surface area contributed by atoms with Gasteiger partial charge in [-0.1, -0.05) is 32.0 Å². The molecule has 0 amide bonds. The van der Waals surface area contributed by atoms with Crippen molar-refractivity contribution in [3.63, 3.8) is 0 Å². The van der Waals surface area contributed by atoms with Crippen LogP contribution in [0.2, 0.25) is 0 Å². The van der Waals surface area contributed by atoms with E-state index < -0.39 is 0 Å². The Morgan fingerprint density at radius 1 is 1.13 bits per heavy atom. The fraction of sp³-hybridized carbons (Fsp3) is 0.308. The third kappa shape index (κ3) is 1.94. The monoisotopic (exact) mass is 200 g/mol. The average Bonchev–Trinajstić information content (AvgIpc) is 2.62. The molecular formula is C13H16N2. The molecule has 0 unspecified atom stereocenters. The van der Waals surface area contributed by atoms with Crippen LogP contribution in [0.15, 0.2) is 36.5 Å². The topological polar surface area (TPSA) is 17.8 Å². The molecule has 2 heteroatoms. The molecule has 0 spiro atoms. The summed E-state index contributed by atoms with van der Waals surface area (Å²) >= 11 is 0. The fourth-order valence-corrected chi connectivity index (χ4v) is 1.75. The van der Waals surface area contributed by atoms with E-state index in [9.17, 15) is 0 Å². The van der Waals surface area contributed by atoms with Crippen LogP contribution in [0.1, 0.15) is 31.0 Å². The number of benzene rings is 1. The van der Waals surface area contributed by atoms with E-state index in [0.29, 0.717) is 5.92 Å². The Bertz CT molecular complexity index is 441. The molecule has 1 aromatic heterocycles. The largest absolute Gasteiger partial charge is 0.240 e. The smallest absolute Gasteiger partial charge is 0.0645 e. The molecule has 0 N–H and O–H groups in total. The molecule has 0 radical (unpaired) electrons. The molecule has 0 aliphatic carbocycles. The van der Waals surface area contributed by atoms with Crippen molar-refractivity contribution in [1.82, 2.24) is 9.78 Å². The summed E-state index contributed by atoms with van der Waals surface area (Å²) in [5.74, 6) is 0.530. The summed E-state index contributed by atoms with van der Waals surface area (Å²) in [6.45, 7) is 6.45. The van der Waals surface area contributed by atoms with Gasteiger partial charge < -0.3 is 0 Å².